The molecule has 0 N–H and O–H groups in total. The molecule has 0 saturated heterocycles. The molecule has 0 atom stereocenters. The topological polar surface area (TPSA) is 0 Å². The van der Waals surface area contributed by atoms with Crippen molar-refractivity contribution in [2.24, 2.45) is 5.92 Å². The number of hydrogen-bond acceptors (Lipinski definition) is 0. The Hall–Kier alpha value is -2.86. The van der Waals surface area contributed by atoms with Gasteiger partial charge in [-0.2, -0.15) is 0 Å². The third-order valence-electron chi connectivity index (χ3n) is 6.40. The smallest absolute Gasteiger partial charge is 0.0670 e. The minimum atomic E-state index is -0.298. The summed E-state index contributed by atoms with van der Waals surface area (Å²) in [7, 11) is 0. The second kappa shape index (κ2) is 8.11. The first-order valence-corrected chi connectivity index (χ1v) is 11.0. The molecule has 30 heavy (non-hydrogen) atoms. The average molecular weight is 393 g/mol. The Labute approximate surface area is 182 Å². The summed E-state index contributed by atoms with van der Waals surface area (Å²) in [5.41, 5.74) is 10.7. The van der Waals surface area contributed by atoms with Crippen molar-refractivity contribution in [3.63, 3.8) is 0 Å². The zero-order valence-corrected chi connectivity index (χ0v) is 18.9. The molecule has 3 aromatic rings. The van der Waals surface area contributed by atoms with Crippen molar-refractivity contribution >= 4 is 0 Å². The summed E-state index contributed by atoms with van der Waals surface area (Å²) in [6.07, 6.45) is 5.69. The van der Waals surface area contributed by atoms with Crippen molar-refractivity contribution in [3.05, 3.63) is 129 Å². The minimum absolute atomic E-state index is 0.298. The van der Waals surface area contributed by atoms with E-state index in [1.165, 1.54) is 44.5 Å². The summed E-state index contributed by atoms with van der Waals surface area (Å²) in [5.74, 6) is 0.484. The standard InChI is InChI=1S/C30H32/c1-21(2)28-16-9-17-29(28)30(25-13-6-10-22(3)18-25,26-14-7-11-23(4)19-26)27-15-8-12-24(5)20-27/h6-16,18-21H,17H2,1-5H3. The Morgan fingerprint density at radius 2 is 1.10 bits per heavy atom. The van der Waals surface area contributed by atoms with Gasteiger partial charge >= 0.3 is 0 Å². The number of benzene rings is 3. The molecule has 0 spiro atoms. The summed E-state index contributed by atoms with van der Waals surface area (Å²) in [6, 6.07) is 27.3. The van der Waals surface area contributed by atoms with Crippen molar-refractivity contribution in [3.8, 4) is 0 Å². The maximum Gasteiger partial charge on any atom is 0.0670 e. The van der Waals surface area contributed by atoms with E-state index in [1.54, 1.807) is 0 Å². The van der Waals surface area contributed by atoms with E-state index in [0.29, 0.717) is 5.92 Å². The molecule has 0 heterocycles. The van der Waals surface area contributed by atoms with E-state index in [-0.39, 0.29) is 5.41 Å². The van der Waals surface area contributed by atoms with Gasteiger partial charge in [-0.25, -0.2) is 0 Å². The third kappa shape index (κ3) is 3.45. The van der Waals surface area contributed by atoms with Gasteiger partial charge in [-0.15, -0.1) is 0 Å². The third-order valence-corrected chi connectivity index (χ3v) is 6.40. The second-order valence-corrected chi connectivity index (χ2v) is 9.05. The molecule has 0 heteroatoms. The lowest BCUT2D eigenvalue weighted by Gasteiger charge is -2.40. The van der Waals surface area contributed by atoms with Crippen molar-refractivity contribution in [1.82, 2.24) is 0 Å². The van der Waals surface area contributed by atoms with Gasteiger partial charge in [0.25, 0.3) is 0 Å². The fourth-order valence-electron chi connectivity index (χ4n) is 5.09. The van der Waals surface area contributed by atoms with Crippen molar-refractivity contribution in [1.29, 1.82) is 0 Å². The van der Waals surface area contributed by atoms with Gasteiger partial charge in [0, 0.05) is 0 Å². The summed E-state index contributed by atoms with van der Waals surface area (Å²) >= 11 is 0. The van der Waals surface area contributed by atoms with Gasteiger partial charge in [0.1, 0.15) is 0 Å². The molecule has 0 nitrogen and oxygen atoms in total. The highest BCUT2D eigenvalue weighted by molar-refractivity contribution is 5.63. The van der Waals surface area contributed by atoms with Crippen LogP contribution in [0.1, 0.15) is 53.6 Å². The maximum atomic E-state index is 2.38. The lowest BCUT2D eigenvalue weighted by atomic mass is 9.62. The van der Waals surface area contributed by atoms with Gasteiger partial charge in [-0.3, -0.25) is 0 Å². The van der Waals surface area contributed by atoms with Crippen LogP contribution in [0.25, 0.3) is 0 Å². The normalized spacial score (nSPS) is 14.1. The number of hydrogen-bond donors (Lipinski definition) is 0. The first-order chi connectivity index (χ1) is 14.4. The molecule has 152 valence electrons. The van der Waals surface area contributed by atoms with Crippen molar-refractivity contribution < 1.29 is 0 Å². The highest BCUT2D eigenvalue weighted by atomic mass is 14.4. The van der Waals surface area contributed by atoms with Crippen LogP contribution >= 0.6 is 0 Å². The molecular formula is C30H32. The Balaban J connectivity index is 2.18. The monoisotopic (exact) mass is 392 g/mol. The summed E-state index contributed by atoms with van der Waals surface area (Å²) in [4.78, 5) is 0. The largest absolute Gasteiger partial charge is 0.0801 e. The zero-order valence-electron chi connectivity index (χ0n) is 18.9. The molecule has 1 aliphatic rings. The molecule has 0 unspecified atom stereocenters. The highest BCUT2D eigenvalue weighted by Gasteiger charge is 2.42. The van der Waals surface area contributed by atoms with Crippen LogP contribution in [-0.4, -0.2) is 0 Å². The fourth-order valence-corrected chi connectivity index (χ4v) is 5.09. The summed E-state index contributed by atoms with van der Waals surface area (Å²) in [5, 5.41) is 0. The Morgan fingerprint density at radius 1 is 0.667 bits per heavy atom. The predicted octanol–water partition coefficient (Wildman–Crippen LogP) is 7.86. The maximum absolute atomic E-state index is 2.38. The van der Waals surface area contributed by atoms with E-state index >= 15 is 0 Å². The van der Waals surface area contributed by atoms with Crippen LogP contribution in [0.3, 0.4) is 0 Å². The Kier molecular flexibility index (Phi) is 5.52. The lowest BCUT2D eigenvalue weighted by Crippen LogP contribution is -2.33. The van der Waals surface area contributed by atoms with E-state index in [0.717, 1.165) is 6.42 Å². The quantitative estimate of drug-likeness (QED) is 0.388. The predicted molar refractivity (Wildman–Crippen MR) is 129 cm³/mol. The molecule has 0 aromatic heterocycles. The lowest BCUT2D eigenvalue weighted by molar-refractivity contribution is 0.674. The zero-order chi connectivity index (χ0) is 21.3. The first-order valence-electron chi connectivity index (χ1n) is 11.0. The molecule has 1 aliphatic carbocycles. The van der Waals surface area contributed by atoms with Crippen LogP contribution < -0.4 is 0 Å². The molecule has 0 amide bonds. The molecule has 4 rings (SSSR count). The van der Waals surface area contributed by atoms with Crippen LogP contribution in [0.15, 0.2) is 96.1 Å². The fraction of sp³-hybridized carbons (Fsp3) is 0.267. The number of rotatable bonds is 5. The second-order valence-electron chi connectivity index (χ2n) is 9.05. The van der Waals surface area contributed by atoms with Crippen LogP contribution in [0.4, 0.5) is 0 Å². The van der Waals surface area contributed by atoms with E-state index in [9.17, 15) is 0 Å². The van der Waals surface area contributed by atoms with Gasteiger partial charge in [-0.1, -0.05) is 115 Å². The van der Waals surface area contributed by atoms with Crippen LogP contribution in [0, 0.1) is 26.7 Å². The molecule has 0 aliphatic heterocycles. The molecule has 0 radical (unpaired) electrons. The van der Waals surface area contributed by atoms with Gasteiger partial charge in [-0.05, 0) is 60.9 Å². The number of allylic oxidation sites excluding steroid dienone is 4. The van der Waals surface area contributed by atoms with Crippen LogP contribution in [0.5, 0.6) is 0 Å². The molecule has 3 aromatic carbocycles. The van der Waals surface area contributed by atoms with Crippen LogP contribution in [-0.2, 0) is 5.41 Å². The molecule has 0 fully saturated rings. The van der Waals surface area contributed by atoms with Gasteiger partial charge in [0.2, 0.25) is 0 Å². The minimum Gasteiger partial charge on any atom is -0.0801 e. The highest BCUT2D eigenvalue weighted by Crippen LogP contribution is 2.50. The molecule has 0 saturated carbocycles. The summed E-state index contributed by atoms with van der Waals surface area (Å²) in [6.45, 7) is 11.2. The van der Waals surface area contributed by atoms with E-state index in [1.807, 2.05) is 0 Å². The van der Waals surface area contributed by atoms with E-state index in [2.05, 4.69) is 120 Å². The SMILES string of the molecule is Cc1cccc(C(C2=C(C(C)C)C=CC2)(c2cccc(C)c2)c2cccc(C)c2)c1. The van der Waals surface area contributed by atoms with Gasteiger partial charge in [0.05, 0.1) is 5.41 Å². The van der Waals surface area contributed by atoms with Gasteiger partial charge < -0.3 is 0 Å². The Bertz CT molecular complexity index is 1010. The van der Waals surface area contributed by atoms with Gasteiger partial charge in [0.15, 0.2) is 0 Å². The van der Waals surface area contributed by atoms with Crippen molar-refractivity contribution in [2.75, 3.05) is 0 Å². The number of aryl methyl sites for hydroxylation is 3. The summed E-state index contributed by atoms with van der Waals surface area (Å²) < 4.78 is 0. The van der Waals surface area contributed by atoms with Crippen molar-refractivity contribution in [2.45, 2.75) is 46.5 Å². The first kappa shape index (κ1) is 20.4. The van der Waals surface area contributed by atoms with Crippen LogP contribution in [0.2, 0.25) is 0 Å². The molecular weight excluding hydrogens is 360 g/mol. The average Bonchev–Trinajstić information content (AvgIpc) is 3.19. The molecule has 0 bridgehead atoms. The van der Waals surface area contributed by atoms with E-state index < -0.39 is 0 Å². The van der Waals surface area contributed by atoms with E-state index in [4.69, 9.17) is 0 Å². The Morgan fingerprint density at radius 3 is 1.47 bits per heavy atom.